The third-order valence-corrected chi connectivity index (χ3v) is 6.60. The van der Waals surface area contributed by atoms with Crippen LogP contribution in [0.25, 0.3) is 23.5 Å². The van der Waals surface area contributed by atoms with E-state index in [4.69, 9.17) is 9.72 Å². The van der Waals surface area contributed by atoms with Gasteiger partial charge in [0.15, 0.2) is 0 Å². The van der Waals surface area contributed by atoms with E-state index in [2.05, 4.69) is 16.9 Å². The summed E-state index contributed by atoms with van der Waals surface area (Å²) >= 11 is 0. The molecule has 1 amide bonds. The van der Waals surface area contributed by atoms with Crippen LogP contribution in [-0.4, -0.2) is 34.1 Å². The van der Waals surface area contributed by atoms with E-state index in [1.807, 2.05) is 56.3 Å². The number of ether oxygens (including phenoxy) is 1. The van der Waals surface area contributed by atoms with Crippen LogP contribution in [0.15, 0.2) is 60.7 Å². The average molecular weight is 502 g/mol. The molecule has 0 bridgehead atoms. The highest BCUT2D eigenvalue weighted by Crippen LogP contribution is 2.28. The second-order valence-electron chi connectivity index (χ2n) is 9.38. The van der Waals surface area contributed by atoms with E-state index in [0.717, 1.165) is 10.8 Å². The van der Waals surface area contributed by atoms with Crippen LogP contribution in [0.2, 0.25) is 0 Å². The third-order valence-electron chi connectivity index (χ3n) is 6.60. The number of benzene rings is 1. The van der Waals surface area contributed by atoms with E-state index in [0.29, 0.717) is 52.2 Å². The van der Waals surface area contributed by atoms with Crippen molar-refractivity contribution in [3.8, 4) is 11.4 Å². The number of amides is 1. The smallest absolute Gasteiger partial charge is 0.251 e. The Morgan fingerprint density at radius 1 is 1.24 bits per heavy atom. The molecule has 2 unspecified atom stereocenters. The maximum Gasteiger partial charge on any atom is 0.251 e. The van der Waals surface area contributed by atoms with Gasteiger partial charge in [-0.1, -0.05) is 37.8 Å². The van der Waals surface area contributed by atoms with Gasteiger partial charge < -0.3 is 15.2 Å². The summed E-state index contributed by atoms with van der Waals surface area (Å²) in [6.07, 6.45) is 3.08. The molecule has 2 N–H and O–H groups in total. The van der Waals surface area contributed by atoms with Gasteiger partial charge >= 0.3 is 0 Å². The number of nitrogens with one attached hydrogen (secondary N) is 1. The van der Waals surface area contributed by atoms with Gasteiger partial charge in [0.1, 0.15) is 11.8 Å². The number of aliphatic hydroxyl groups is 1. The monoisotopic (exact) mass is 501 g/mol. The van der Waals surface area contributed by atoms with Crippen molar-refractivity contribution >= 4 is 18.1 Å². The number of aromatic nitrogens is 2. The van der Waals surface area contributed by atoms with Gasteiger partial charge in [-0.2, -0.15) is 0 Å². The standard InChI is InChI=1S/C30H32FN3O3/c1-5-20-12-13-26(25-8-7-9-28(34-25)30(4,36)6-2)33-27(20)14-19(3)16-32-29(35)21-10-11-22-17-37-18-24(31)23(22)15-21/h5,7-15,24,36H,3,6,16-18H2,1-2,4H3,(H,32,35)/b20-5-,27-14+. The molecule has 192 valence electrons. The number of carbonyl (C=O) groups excluding carboxylic acids is 1. The fraction of sp³-hybridized carbons (Fsp3) is 0.300. The normalized spacial score (nSPS) is 17.7. The predicted molar refractivity (Wildman–Crippen MR) is 143 cm³/mol. The van der Waals surface area contributed by atoms with Crippen molar-refractivity contribution in [2.45, 2.75) is 45.6 Å². The van der Waals surface area contributed by atoms with Crippen molar-refractivity contribution in [2.24, 2.45) is 0 Å². The number of carbonyl (C=O) groups is 1. The van der Waals surface area contributed by atoms with Crippen LogP contribution in [0.3, 0.4) is 0 Å². The third kappa shape index (κ3) is 6.01. The SMILES string of the molecule is C=C(/C=c1/nc(-c2cccc(C(C)(O)CC)n2)cc/c1=C/C)CNC(=O)c1ccc2c(c1)C(F)COC2. The minimum absolute atomic E-state index is 0.00438. The minimum Gasteiger partial charge on any atom is -0.384 e. The number of rotatable bonds is 7. The summed E-state index contributed by atoms with van der Waals surface area (Å²) in [5.41, 5.74) is 3.22. The maximum atomic E-state index is 14.2. The number of fused-ring (bicyclic) bond motifs is 1. The lowest BCUT2D eigenvalue weighted by Gasteiger charge is -2.21. The van der Waals surface area contributed by atoms with Gasteiger partial charge in [0, 0.05) is 12.1 Å². The predicted octanol–water partition coefficient (Wildman–Crippen LogP) is 3.87. The van der Waals surface area contributed by atoms with Gasteiger partial charge in [0.25, 0.3) is 5.91 Å². The molecule has 0 spiro atoms. The van der Waals surface area contributed by atoms with Gasteiger partial charge in [-0.25, -0.2) is 14.4 Å². The molecule has 6 nitrogen and oxygen atoms in total. The molecule has 0 radical (unpaired) electrons. The number of pyridine rings is 2. The lowest BCUT2D eigenvalue weighted by molar-refractivity contribution is 0.0486. The summed E-state index contributed by atoms with van der Waals surface area (Å²) in [4.78, 5) is 22.1. The molecule has 3 heterocycles. The van der Waals surface area contributed by atoms with Crippen molar-refractivity contribution in [2.75, 3.05) is 13.2 Å². The summed E-state index contributed by atoms with van der Waals surface area (Å²) in [5.74, 6) is -0.302. The molecule has 0 aliphatic carbocycles. The van der Waals surface area contributed by atoms with Gasteiger partial charge in [-0.15, -0.1) is 0 Å². The topological polar surface area (TPSA) is 84.3 Å². The van der Waals surface area contributed by atoms with E-state index in [1.54, 1.807) is 25.1 Å². The molecular formula is C30H32FN3O3. The first kappa shape index (κ1) is 26.4. The Morgan fingerprint density at radius 3 is 2.78 bits per heavy atom. The molecule has 7 heteroatoms. The van der Waals surface area contributed by atoms with Crippen molar-refractivity contribution < 1.29 is 19.0 Å². The van der Waals surface area contributed by atoms with Crippen LogP contribution in [0, 0.1) is 0 Å². The first-order valence-corrected chi connectivity index (χ1v) is 12.4. The van der Waals surface area contributed by atoms with Gasteiger partial charge in [0.05, 0.1) is 35.6 Å². The Labute approximate surface area is 216 Å². The molecule has 1 aliphatic heterocycles. The van der Waals surface area contributed by atoms with Crippen molar-refractivity contribution in [3.05, 3.63) is 93.6 Å². The summed E-state index contributed by atoms with van der Waals surface area (Å²) < 4.78 is 19.4. The van der Waals surface area contributed by atoms with Gasteiger partial charge in [0.2, 0.25) is 0 Å². The van der Waals surface area contributed by atoms with E-state index < -0.39 is 11.8 Å². The van der Waals surface area contributed by atoms with E-state index in [1.165, 1.54) is 0 Å². The fourth-order valence-electron chi connectivity index (χ4n) is 4.11. The molecule has 2 aromatic heterocycles. The van der Waals surface area contributed by atoms with E-state index in [-0.39, 0.29) is 19.1 Å². The van der Waals surface area contributed by atoms with Crippen LogP contribution in [0.5, 0.6) is 0 Å². The van der Waals surface area contributed by atoms with Crippen molar-refractivity contribution in [1.29, 1.82) is 0 Å². The zero-order chi connectivity index (χ0) is 26.6. The molecule has 1 aliphatic rings. The average Bonchev–Trinajstić information content (AvgIpc) is 2.91. The maximum absolute atomic E-state index is 14.2. The molecule has 4 rings (SSSR count). The van der Waals surface area contributed by atoms with E-state index >= 15 is 0 Å². The molecule has 1 aromatic carbocycles. The summed E-state index contributed by atoms with van der Waals surface area (Å²) in [5, 5.41) is 15.1. The molecular weight excluding hydrogens is 469 g/mol. The first-order chi connectivity index (χ1) is 17.7. The van der Waals surface area contributed by atoms with E-state index in [9.17, 15) is 14.3 Å². The van der Waals surface area contributed by atoms with Crippen molar-refractivity contribution in [3.63, 3.8) is 0 Å². The quantitative estimate of drug-likeness (QED) is 0.514. The highest BCUT2D eigenvalue weighted by atomic mass is 19.1. The van der Waals surface area contributed by atoms with Crippen LogP contribution < -0.4 is 15.9 Å². The molecule has 0 saturated carbocycles. The Kier molecular flexibility index (Phi) is 7.95. The summed E-state index contributed by atoms with van der Waals surface area (Å²) in [7, 11) is 0. The summed E-state index contributed by atoms with van der Waals surface area (Å²) in [6, 6.07) is 14.4. The fourth-order valence-corrected chi connectivity index (χ4v) is 4.11. The molecule has 2 atom stereocenters. The highest BCUT2D eigenvalue weighted by molar-refractivity contribution is 5.94. The van der Waals surface area contributed by atoms with Crippen molar-refractivity contribution in [1.82, 2.24) is 15.3 Å². The zero-order valence-corrected chi connectivity index (χ0v) is 21.4. The van der Waals surface area contributed by atoms with Crippen LogP contribution in [0.1, 0.15) is 60.5 Å². The lowest BCUT2D eigenvalue weighted by Crippen LogP contribution is -2.30. The second-order valence-corrected chi connectivity index (χ2v) is 9.38. The van der Waals surface area contributed by atoms with Crippen LogP contribution in [0.4, 0.5) is 4.39 Å². The van der Waals surface area contributed by atoms with Gasteiger partial charge in [-0.3, -0.25) is 4.79 Å². The summed E-state index contributed by atoms with van der Waals surface area (Å²) in [6.45, 7) is 10.2. The zero-order valence-electron chi connectivity index (χ0n) is 21.4. The minimum atomic E-state index is -1.23. The van der Waals surface area contributed by atoms with Crippen LogP contribution in [-0.2, 0) is 16.9 Å². The number of hydrogen-bond acceptors (Lipinski definition) is 5. The van der Waals surface area contributed by atoms with Crippen LogP contribution >= 0.6 is 0 Å². The second kappa shape index (κ2) is 11.2. The number of hydrogen-bond donors (Lipinski definition) is 2. The molecule has 37 heavy (non-hydrogen) atoms. The molecule has 0 fully saturated rings. The Balaban J connectivity index is 1.53. The Bertz CT molecular complexity index is 1450. The van der Waals surface area contributed by atoms with Gasteiger partial charge in [-0.05, 0) is 78.6 Å². The first-order valence-electron chi connectivity index (χ1n) is 12.4. The largest absolute Gasteiger partial charge is 0.384 e. The molecule has 0 saturated heterocycles. The lowest BCUT2D eigenvalue weighted by atomic mass is 9.98. The number of nitrogens with zero attached hydrogens (tertiary/aromatic N) is 2. The number of alkyl halides is 1. The molecule has 3 aromatic rings. The highest BCUT2D eigenvalue weighted by Gasteiger charge is 2.23. The Morgan fingerprint density at radius 2 is 2.03 bits per heavy atom. The number of halogens is 1. The Hall–Kier alpha value is -3.68.